The molecule has 2 aromatic rings. The summed E-state index contributed by atoms with van der Waals surface area (Å²) in [6.45, 7) is 8.28. The van der Waals surface area contributed by atoms with Crippen LogP contribution in [-0.2, 0) is 9.53 Å². The summed E-state index contributed by atoms with van der Waals surface area (Å²) in [5.74, 6) is 1.04. The number of hydrogen-bond donors (Lipinski definition) is 0. The quantitative estimate of drug-likeness (QED) is 0.123. The second-order valence-corrected chi connectivity index (χ2v) is 11.2. The maximum Gasteiger partial charge on any atom is 0.330 e. The van der Waals surface area contributed by atoms with Crippen molar-refractivity contribution in [2.45, 2.75) is 109 Å². The SMILES string of the molecule is C=CC(=O)OCCCCCCC1(C#N)CCCC(c2ccc(-c3ccc(OC(CCC)CCC)cc3)cc2)C1. The van der Waals surface area contributed by atoms with Gasteiger partial charge in [0.25, 0.3) is 0 Å². The van der Waals surface area contributed by atoms with Crippen molar-refractivity contribution < 1.29 is 14.3 Å². The molecule has 1 aliphatic rings. The molecule has 0 heterocycles. The van der Waals surface area contributed by atoms with Crippen LogP contribution >= 0.6 is 0 Å². The van der Waals surface area contributed by atoms with Crippen LogP contribution in [0.2, 0.25) is 0 Å². The molecule has 0 aliphatic heterocycles. The first kappa shape index (κ1) is 30.5. The molecular formula is C35H47NO3. The summed E-state index contributed by atoms with van der Waals surface area (Å²) >= 11 is 0. The second kappa shape index (κ2) is 16.1. The predicted octanol–water partition coefficient (Wildman–Crippen LogP) is 9.55. The third kappa shape index (κ3) is 9.57. The van der Waals surface area contributed by atoms with Crippen LogP contribution in [-0.4, -0.2) is 18.7 Å². The number of carbonyl (C=O) groups is 1. The fourth-order valence-electron chi connectivity index (χ4n) is 5.95. The minimum absolute atomic E-state index is 0.222. The number of unbranched alkanes of at least 4 members (excludes halogenated alkanes) is 3. The van der Waals surface area contributed by atoms with E-state index >= 15 is 0 Å². The number of nitriles is 1. The van der Waals surface area contributed by atoms with E-state index in [9.17, 15) is 10.1 Å². The summed E-state index contributed by atoms with van der Waals surface area (Å²) in [4.78, 5) is 11.1. The van der Waals surface area contributed by atoms with E-state index in [-0.39, 0.29) is 11.4 Å². The zero-order valence-corrected chi connectivity index (χ0v) is 24.1. The lowest BCUT2D eigenvalue weighted by molar-refractivity contribution is -0.137. The molecular weight excluding hydrogens is 482 g/mol. The predicted molar refractivity (Wildman–Crippen MR) is 160 cm³/mol. The van der Waals surface area contributed by atoms with Gasteiger partial charge in [-0.25, -0.2) is 4.79 Å². The Morgan fingerprint density at radius 1 is 1.03 bits per heavy atom. The lowest BCUT2D eigenvalue weighted by Gasteiger charge is -2.36. The highest BCUT2D eigenvalue weighted by Gasteiger charge is 2.36. The summed E-state index contributed by atoms with van der Waals surface area (Å²) in [7, 11) is 0. The Bertz CT molecular complexity index is 1050. The zero-order valence-electron chi connectivity index (χ0n) is 24.1. The Labute approximate surface area is 236 Å². The van der Waals surface area contributed by atoms with Gasteiger partial charge in [-0.2, -0.15) is 5.26 Å². The normalized spacial score (nSPS) is 18.9. The summed E-state index contributed by atoms with van der Waals surface area (Å²) < 4.78 is 11.3. The number of hydrogen-bond acceptors (Lipinski definition) is 4. The molecule has 210 valence electrons. The minimum Gasteiger partial charge on any atom is -0.490 e. The number of carbonyl (C=O) groups excluding carboxylic acids is 1. The van der Waals surface area contributed by atoms with Gasteiger partial charge in [0.15, 0.2) is 0 Å². The first-order valence-corrected chi connectivity index (χ1v) is 15.1. The van der Waals surface area contributed by atoms with Crippen molar-refractivity contribution in [3.05, 3.63) is 66.7 Å². The molecule has 4 heteroatoms. The van der Waals surface area contributed by atoms with Crippen molar-refractivity contribution in [1.29, 1.82) is 5.26 Å². The van der Waals surface area contributed by atoms with E-state index < -0.39 is 0 Å². The van der Waals surface area contributed by atoms with E-state index in [2.05, 4.69) is 75.0 Å². The van der Waals surface area contributed by atoms with Gasteiger partial charge in [0, 0.05) is 6.08 Å². The monoisotopic (exact) mass is 529 g/mol. The number of esters is 1. The van der Waals surface area contributed by atoms with E-state index in [0.29, 0.717) is 18.6 Å². The molecule has 1 fully saturated rings. The summed E-state index contributed by atoms with van der Waals surface area (Å²) in [5.41, 5.74) is 3.54. The third-order valence-corrected chi connectivity index (χ3v) is 8.14. The van der Waals surface area contributed by atoms with Gasteiger partial charge in [-0.15, -0.1) is 0 Å². The Morgan fingerprint density at radius 3 is 2.28 bits per heavy atom. The molecule has 0 saturated heterocycles. The topological polar surface area (TPSA) is 59.3 Å². The van der Waals surface area contributed by atoms with Crippen LogP contribution < -0.4 is 4.74 Å². The number of rotatable bonds is 16. The summed E-state index contributed by atoms with van der Waals surface area (Å²) in [5, 5.41) is 10.1. The van der Waals surface area contributed by atoms with Crippen LogP contribution in [0.1, 0.15) is 109 Å². The van der Waals surface area contributed by atoms with E-state index in [4.69, 9.17) is 9.47 Å². The Hall–Kier alpha value is -3.06. The van der Waals surface area contributed by atoms with Gasteiger partial charge in [0.1, 0.15) is 5.75 Å². The van der Waals surface area contributed by atoms with Crippen LogP contribution in [0.3, 0.4) is 0 Å². The molecule has 0 radical (unpaired) electrons. The van der Waals surface area contributed by atoms with Crippen molar-refractivity contribution in [3.63, 3.8) is 0 Å². The van der Waals surface area contributed by atoms with Gasteiger partial charge >= 0.3 is 5.97 Å². The standard InChI is InChI=1S/C35H47NO3/c1-4-12-32(13-5-2)39-33-21-19-29(20-22-33)28-15-17-30(18-16-28)31-14-11-24-35(26-31,27-36)23-9-7-8-10-25-38-34(37)6-3/h6,15-22,31-32H,3-5,7-14,23-26H2,1-2H3. The Balaban J connectivity index is 1.52. The summed E-state index contributed by atoms with van der Waals surface area (Å²) in [6.07, 6.45) is 15.1. The fraction of sp³-hybridized carbons (Fsp3) is 0.543. The molecule has 0 N–H and O–H groups in total. The first-order valence-electron chi connectivity index (χ1n) is 15.1. The lowest BCUT2D eigenvalue weighted by Crippen LogP contribution is -2.26. The average molecular weight is 530 g/mol. The van der Waals surface area contributed by atoms with E-state index in [1.165, 1.54) is 22.8 Å². The van der Waals surface area contributed by atoms with Gasteiger partial charge in [0.2, 0.25) is 0 Å². The molecule has 0 aromatic heterocycles. The van der Waals surface area contributed by atoms with E-state index in [0.717, 1.165) is 89.2 Å². The fourth-order valence-corrected chi connectivity index (χ4v) is 5.95. The highest BCUT2D eigenvalue weighted by Crippen LogP contribution is 2.46. The number of ether oxygens (including phenoxy) is 2. The van der Waals surface area contributed by atoms with E-state index in [1.54, 1.807) is 0 Å². The molecule has 2 atom stereocenters. The van der Waals surface area contributed by atoms with Crippen LogP contribution in [0.25, 0.3) is 11.1 Å². The Kier molecular flexibility index (Phi) is 12.6. The largest absolute Gasteiger partial charge is 0.490 e. The molecule has 0 amide bonds. The molecule has 0 bridgehead atoms. The van der Waals surface area contributed by atoms with Gasteiger partial charge in [-0.3, -0.25) is 0 Å². The molecule has 39 heavy (non-hydrogen) atoms. The summed E-state index contributed by atoms with van der Waals surface area (Å²) in [6, 6.07) is 20.2. The highest BCUT2D eigenvalue weighted by molar-refractivity contribution is 5.81. The van der Waals surface area contributed by atoms with Crippen molar-refractivity contribution in [2.75, 3.05) is 6.61 Å². The molecule has 0 spiro atoms. The molecule has 1 saturated carbocycles. The lowest BCUT2D eigenvalue weighted by atomic mass is 9.66. The zero-order chi connectivity index (χ0) is 27.9. The number of nitrogens with zero attached hydrogens (tertiary/aromatic N) is 1. The van der Waals surface area contributed by atoms with E-state index in [1.807, 2.05) is 0 Å². The minimum atomic E-state index is -0.356. The van der Waals surface area contributed by atoms with Crippen LogP contribution in [0.4, 0.5) is 0 Å². The van der Waals surface area contributed by atoms with Crippen molar-refractivity contribution in [1.82, 2.24) is 0 Å². The number of benzene rings is 2. The molecule has 2 unspecified atom stereocenters. The van der Waals surface area contributed by atoms with Gasteiger partial charge < -0.3 is 9.47 Å². The second-order valence-electron chi connectivity index (χ2n) is 11.2. The molecule has 1 aliphatic carbocycles. The maximum atomic E-state index is 11.1. The molecule has 4 nitrogen and oxygen atoms in total. The smallest absolute Gasteiger partial charge is 0.330 e. The van der Waals surface area contributed by atoms with Crippen LogP contribution in [0.15, 0.2) is 61.2 Å². The van der Waals surface area contributed by atoms with Gasteiger partial charge in [0.05, 0.1) is 24.2 Å². The van der Waals surface area contributed by atoms with Crippen molar-refractivity contribution in [2.24, 2.45) is 5.41 Å². The van der Waals surface area contributed by atoms with Crippen LogP contribution in [0.5, 0.6) is 5.75 Å². The van der Waals surface area contributed by atoms with Crippen molar-refractivity contribution >= 4 is 5.97 Å². The van der Waals surface area contributed by atoms with Crippen LogP contribution in [0, 0.1) is 16.7 Å². The van der Waals surface area contributed by atoms with Gasteiger partial charge in [-0.05, 0) is 79.7 Å². The maximum absolute atomic E-state index is 11.1. The Morgan fingerprint density at radius 2 is 1.67 bits per heavy atom. The highest BCUT2D eigenvalue weighted by atomic mass is 16.5. The first-order chi connectivity index (χ1) is 19.0. The average Bonchev–Trinajstić information content (AvgIpc) is 2.97. The molecule has 2 aromatic carbocycles. The van der Waals surface area contributed by atoms with Crippen molar-refractivity contribution in [3.8, 4) is 22.9 Å². The third-order valence-electron chi connectivity index (χ3n) is 8.14. The van der Waals surface area contributed by atoms with Gasteiger partial charge in [-0.1, -0.05) is 95.3 Å². The molecule has 3 rings (SSSR count).